The second kappa shape index (κ2) is 14.6. The highest BCUT2D eigenvalue weighted by Gasteiger charge is 2.27. The number of aliphatic imine (C=N–C) groups is 1. The maximum atomic E-state index is 14.1. The number of benzene rings is 2. The van der Waals surface area contributed by atoms with Crippen LogP contribution >= 0.6 is 11.6 Å². The first-order valence-corrected chi connectivity index (χ1v) is 17.0. The molecule has 0 radical (unpaired) electrons. The van der Waals surface area contributed by atoms with Gasteiger partial charge < -0.3 is 25.8 Å². The monoisotopic (exact) mass is 705 g/mol. The Bertz CT molecular complexity index is 1920. The molecule has 5 N–H and O–H groups in total. The molecule has 5 rings (SSSR count). The van der Waals surface area contributed by atoms with Crippen LogP contribution in [0.5, 0.6) is 0 Å². The van der Waals surface area contributed by atoms with Gasteiger partial charge in [0.25, 0.3) is 0 Å². The molecule has 0 saturated heterocycles. The zero-order valence-corrected chi connectivity index (χ0v) is 30.2. The number of aromatic nitrogens is 2. The van der Waals surface area contributed by atoms with E-state index in [1.807, 2.05) is 78.9 Å². The van der Waals surface area contributed by atoms with Crippen molar-refractivity contribution in [3.05, 3.63) is 76.8 Å². The first-order chi connectivity index (χ1) is 23.4. The minimum atomic E-state index is -0.614. The van der Waals surface area contributed by atoms with Gasteiger partial charge in [0, 0.05) is 35.6 Å². The highest BCUT2D eigenvalue weighted by molar-refractivity contribution is 6.33. The molecule has 1 aliphatic carbocycles. The van der Waals surface area contributed by atoms with Crippen molar-refractivity contribution < 1.29 is 23.5 Å². The molecule has 0 aliphatic heterocycles. The summed E-state index contributed by atoms with van der Waals surface area (Å²) in [6.45, 7) is 12.9. The predicted octanol–water partition coefficient (Wildman–Crippen LogP) is 8.73. The number of amides is 2. The van der Waals surface area contributed by atoms with E-state index < -0.39 is 29.2 Å². The van der Waals surface area contributed by atoms with Crippen LogP contribution in [0.2, 0.25) is 5.02 Å². The van der Waals surface area contributed by atoms with Gasteiger partial charge in [-0.1, -0.05) is 17.7 Å². The molecule has 266 valence electrons. The Balaban J connectivity index is 1.45. The summed E-state index contributed by atoms with van der Waals surface area (Å²) < 4.78 is 26.7. The lowest BCUT2D eigenvalue weighted by molar-refractivity contribution is 0.0491. The fourth-order valence-corrected chi connectivity index (χ4v) is 6.02. The summed E-state index contributed by atoms with van der Waals surface area (Å²) in [7, 11) is 0. The number of anilines is 2. The van der Waals surface area contributed by atoms with Gasteiger partial charge in [0.2, 0.25) is 0 Å². The van der Waals surface area contributed by atoms with Gasteiger partial charge in [0.1, 0.15) is 22.9 Å². The molecule has 2 heterocycles. The van der Waals surface area contributed by atoms with Crippen LogP contribution in [-0.2, 0) is 9.47 Å². The molecule has 2 aromatic heterocycles. The Hall–Kier alpha value is -4.84. The van der Waals surface area contributed by atoms with Crippen LogP contribution in [0.15, 0.2) is 59.9 Å². The maximum Gasteiger partial charge on any atom is 0.412 e. The SMILES string of the molecule is Cc1cc(NC(=O)OC(C)(C)C)ccc1-c1cc2c(N[C@H]3CC[C@H](NC(=O)OC(C)(C)C)CC3)c(/C(N)=N/c3cc(F)ccc3Cl)cnn2c1. The number of alkyl carbamates (subject to hydrolysis) is 1. The number of aryl methyl sites for hydroxylation is 1. The molecule has 4 aromatic rings. The number of carbonyl (C=O) groups excluding carboxylic acids is 2. The zero-order valence-electron chi connectivity index (χ0n) is 29.5. The average Bonchev–Trinajstić information content (AvgIpc) is 3.43. The van der Waals surface area contributed by atoms with Crippen LogP contribution < -0.4 is 21.7 Å². The number of amidine groups is 1. The van der Waals surface area contributed by atoms with Crippen molar-refractivity contribution in [1.82, 2.24) is 14.9 Å². The van der Waals surface area contributed by atoms with Crippen molar-refractivity contribution in [2.24, 2.45) is 10.7 Å². The van der Waals surface area contributed by atoms with E-state index in [1.54, 1.807) is 10.7 Å². The Kier molecular flexibility index (Phi) is 10.6. The van der Waals surface area contributed by atoms with Crippen molar-refractivity contribution in [2.45, 2.75) is 97.4 Å². The van der Waals surface area contributed by atoms with Crippen LogP contribution in [0.3, 0.4) is 0 Å². The predicted molar refractivity (Wildman–Crippen MR) is 196 cm³/mol. The number of hydrogen-bond acceptors (Lipinski definition) is 7. The van der Waals surface area contributed by atoms with E-state index in [4.69, 9.17) is 26.8 Å². The molecule has 50 heavy (non-hydrogen) atoms. The molecule has 0 atom stereocenters. The maximum absolute atomic E-state index is 14.1. The Morgan fingerprint density at radius 1 is 0.960 bits per heavy atom. The number of fused-ring (bicyclic) bond motifs is 1. The Morgan fingerprint density at radius 2 is 1.62 bits per heavy atom. The number of halogens is 2. The lowest BCUT2D eigenvalue weighted by atomic mass is 9.91. The van der Waals surface area contributed by atoms with E-state index in [-0.39, 0.29) is 28.6 Å². The minimum Gasteiger partial charge on any atom is -0.444 e. The summed E-state index contributed by atoms with van der Waals surface area (Å²) in [6.07, 6.45) is 5.67. The van der Waals surface area contributed by atoms with Crippen LogP contribution in [0.1, 0.15) is 78.4 Å². The molecule has 2 aromatic carbocycles. The molecular formula is C37H45ClFN7O4. The molecule has 0 unspecified atom stereocenters. The van der Waals surface area contributed by atoms with Crippen molar-refractivity contribution in [2.75, 3.05) is 10.6 Å². The summed E-state index contributed by atoms with van der Waals surface area (Å²) in [5.74, 6) is -0.365. The molecular weight excluding hydrogens is 661 g/mol. The molecule has 11 nitrogen and oxygen atoms in total. The Morgan fingerprint density at radius 3 is 2.28 bits per heavy atom. The quantitative estimate of drug-likeness (QED) is 0.111. The smallest absolute Gasteiger partial charge is 0.412 e. The largest absolute Gasteiger partial charge is 0.444 e. The van der Waals surface area contributed by atoms with Crippen molar-refractivity contribution in [1.29, 1.82) is 0 Å². The fourth-order valence-electron chi connectivity index (χ4n) is 5.86. The van der Waals surface area contributed by atoms with Gasteiger partial charge in [0.05, 0.1) is 33.7 Å². The lowest BCUT2D eigenvalue weighted by Crippen LogP contribution is -2.42. The highest BCUT2D eigenvalue weighted by atomic mass is 35.5. The zero-order chi connectivity index (χ0) is 36.4. The number of ether oxygens (including phenoxy) is 2. The minimum absolute atomic E-state index is 0.00256. The van der Waals surface area contributed by atoms with Crippen molar-refractivity contribution in [3.8, 4) is 11.1 Å². The van der Waals surface area contributed by atoms with Gasteiger partial charge in [-0.3, -0.25) is 5.32 Å². The van der Waals surface area contributed by atoms with E-state index in [1.165, 1.54) is 18.2 Å². The number of carbonyl (C=O) groups is 2. The third kappa shape index (κ3) is 9.44. The van der Waals surface area contributed by atoms with Crippen LogP contribution in [0, 0.1) is 12.7 Å². The first-order valence-electron chi connectivity index (χ1n) is 16.6. The van der Waals surface area contributed by atoms with E-state index in [0.29, 0.717) is 16.9 Å². The van der Waals surface area contributed by atoms with Crippen LogP contribution in [-0.4, -0.2) is 50.9 Å². The number of hydrogen-bond donors (Lipinski definition) is 4. The number of nitrogens with one attached hydrogen (secondary N) is 3. The van der Waals surface area contributed by atoms with Crippen molar-refractivity contribution in [3.63, 3.8) is 0 Å². The summed E-state index contributed by atoms with van der Waals surface area (Å²) >= 11 is 6.32. The molecule has 0 bridgehead atoms. The Labute approximate surface area is 296 Å². The number of nitrogens with zero attached hydrogens (tertiary/aromatic N) is 3. The summed E-state index contributed by atoms with van der Waals surface area (Å²) in [5.41, 5.74) is 11.0. The van der Waals surface area contributed by atoms with E-state index in [2.05, 4.69) is 26.0 Å². The summed E-state index contributed by atoms with van der Waals surface area (Å²) in [5, 5.41) is 14.4. The van der Waals surface area contributed by atoms with Gasteiger partial charge >= 0.3 is 12.2 Å². The number of rotatable bonds is 7. The van der Waals surface area contributed by atoms with Gasteiger partial charge in [-0.2, -0.15) is 5.10 Å². The van der Waals surface area contributed by atoms with Gasteiger partial charge in [0.15, 0.2) is 0 Å². The average molecular weight is 706 g/mol. The van der Waals surface area contributed by atoms with Gasteiger partial charge in [-0.25, -0.2) is 23.5 Å². The molecule has 1 fully saturated rings. The standard InChI is InChI=1S/C37H45ClFN7O4/c1-21-16-26(44-35(48)50-37(5,6)7)13-14-27(21)22-17-31-32(42-24-9-11-25(12-10-24)43-34(47)49-36(2,3)4)28(19-41-46(31)20-22)33(40)45-30-18-23(39)8-15-29(30)38/h8,13-20,24-25,42H,9-12H2,1-7H3,(H2,40,45)(H,43,47)(H,44,48)/t24-,25-. The summed E-state index contributed by atoms with van der Waals surface area (Å²) in [4.78, 5) is 29.2. The van der Waals surface area contributed by atoms with E-state index in [0.717, 1.165) is 47.9 Å². The fraction of sp³-hybridized carbons (Fsp3) is 0.405. The van der Waals surface area contributed by atoms with E-state index >= 15 is 0 Å². The van der Waals surface area contributed by atoms with Gasteiger partial charge in [-0.15, -0.1) is 0 Å². The van der Waals surface area contributed by atoms with Gasteiger partial charge in [-0.05, 0) is 116 Å². The number of nitrogens with two attached hydrogens (primary N) is 1. The lowest BCUT2D eigenvalue weighted by Gasteiger charge is -2.31. The second-order valence-corrected chi connectivity index (χ2v) is 15.0. The molecule has 0 spiro atoms. The highest BCUT2D eigenvalue weighted by Crippen LogP contribution is 2.34. The second-order valence-electron chi connectivity index (χ2n) is 14.6. The molecule has 1 saturated carbocycles. The molecule has 1 aliphatic rings. The molecule has 13 heteroatoms. The normalized spacial score (nSPS) is 16.9. The van der Waals surface area contributed by atoms with Crippen LogP contribution in [0.4, 0.5) is 31.0 Å². The van der Waals surface area contributed by atoms with Crippen LogP contribution in [0.25, 0.3) is 16.6 Å². The third-order valence-corrected chi connectivity index (χ3v) is 8.36. The summed E-state index contributed by atoms with van der Waals surface area (Å²) in [6, 6.07) is 11.6. The van der Waals surface area contributed by atoms with Crippen molar-refractivity contribution >= 4 is 52.2 Å². The topological polar surface area (TPSA) is 144 Å². The third-order valence-electron chi connectivity index (χ3n) is 8.04. The van der Waals surface area contributed by atoms with E-state index in [9.17, 15) is 14.0 Å². The molecule has 2 amide bonds. The first kappa shape index (κ1) is 36.4.